The lowest BCUT2D eigenvalue weighted by Crippen LogP contribution is -2.51. The summed E-state index contributed by atoms with van der Waals surface area (Å²) in [5.41, 5.74) is 1.50. The van der Waals surface area contributed by atoms with Crippen LogP contribution in [-0.2, 0) is 26.2 Å². The van der Waals surface area contributed by atoms with Gasteiger partial charge in [-0.05, 0) is 60.9 Å². The van der Waals surface area contributed by atoms with Crippen LogP contribution in [0.1, 0.15) is 24.5 Å². The highest BCUT2D eigenvalue weighted by Crippen LogP contribution is 2.30. The Hall–Kier alpha value is -2.78. The van der Waals surface area contributed by atoms with Gasteiger partial charge < -0.3 is 10.2 Å². The number of nitrogens with one attached hydrogen (secondary N) is 1. The first-order valence-electron chi connectivity index (χ1n) is 11.8. The van der Waals surface area contributed by atoms with Gasteiger partial charge in [0.2, 0.25) is 11.8 Å². The van der Waals surface area contributed by atoms with Crippen LogP contribution in [0.25, 0.3) is 0 Å². The zero-order valence-electron chi connectivity index (χ0n) is 21.1. The summed E-state index contributed by atoms with van der Waals surface area (Å²) >= 11 is 18.5. The van der Waals surface area contributed by atoms with Crippen molar-refractivity contribution < 1.29 is 18.0 Å². The normalized spacial score (nSPS) is 12.1. The number of halogens is 3. The summed E-state index contributed by atoms with van der Waals surface area (Å²) < 4.78 is 28.7. The average molecular weight is 597 g/mol. The van der Waals surface area contributed by atoms with E-state index >= 15 is 0 Å². The van der Waals surface area contributed by atoms with Crippen LogP contribution in [0.3, 0.4) is 0 Å². The molecule has 0 aliphatic carbocycles. The Bertz CT molecular complexity index is 1420. The average Bonchev–Trinajstić information content (AvgIpc) is 2.90. The van der Waals surface area contributed by atoms with Gasteiger partial charge in [0, 0.05) is 18.6 Å². The van der Waals surface area contributed by atoms with Crippen LogP contribution in [0.5, 0.6) is 0 Å². The lowest BCUT2D eigenvalue weighted by molar-refractivity contribution is -0.140. The second kappa shape index (κ2) is 12.8. The molecule has 0 unspecified atom stereocenters. The number of carbonyl (C=O) groups is 2. The van der Waals surface area contributed by atoms with E-state index in [4.69, 9.17) is 34.8 Å². The lowest BCUT2D eigenvalue weighted by Gasteiger charge is -2.33. The number of carbonyl (C=O) groups excluding carboxylic acids is 2. The third kappa shape index (κ3) is 6.80. The highest BCUT2D eigenvalue weighted by atomic mass is 35.5. The molecule has 0 bridgehead atoms. The van der Waals surface area contributed by atoms with Gasteiger partial charge in [-0.1, -0.05) is 72.1 Å². The smallest absolute Gasteiger partial charge is 0.264 e. The Kier molecular flexibility index (Phi) is 10.1. The van der Waals surface area contributed by atoms with Crippen LogP contribution < -0.4 is 9.62 Å². The minimum atomic E-state index is -4.18. The molecule has 3 aromatic rings. The highest BCUT2D eigenvalue weighted by molar-refractivity contribution is 7.92. The molecule has 0 aliphatic rings. The lowest BCUT2D eigenvalue weighted by atomic mass is 10.1. The van der Waals surface area contributed by atoms with Crippen LogP contribution in [0, 0.1) is 6.92 Å². The Morgan fingerprint density at radius 1 is 0.947 bits per heavy atom. The van der Waals surface area contributed by atoms with Crippen LogP contribution in [0.15, 0.2) is 71.6 Å². The summed E-state index contributed by atoms with van der Waals surface area (Å²) in [6, 6.07) is 16.7. The molecule has 0 fully saturated rings. The quantitative estimate of drug-likeness (QED) is 0.325. The van der Waals surface area contributed by atoms with E-state index in [9.17, 15) is 18.0 Å². The molecule has 0 heterocycles. The Morgan fingerprint density at radius 3 is 2.24 bits per heavy atom. The number of aryl methyl sites for hydroxylation is 1. The second-order valence-electron chi connectivity index (χ2n) is 8.56. The molecular weight excluding hydrogens is 569 g/mol. The van der Waals surface area contributed by atoms with Gasteiger partial charge in [0.05, 0.1) is 20.6 Å². The van der Waals surface area contributed by atoms with Crippen molar-refractivity contribution in [1.29, 1.82) is 0 Å². The SMILES string of the molecule is CC[C@@H](C(=O)NC)N(Cc1ccc(Cl)c(Cl)c1)C(=O)CN(c1cc(Cl)ccc1C)S(=O)(=O)c1ccccc1. The van der Waals surface area contributed by atoms with Crippen LogP contribution in [-0.4, -0.2) is 44.8 Å². The molecule has 38 heavy (non-hydrogen) atoms. The molecule has 0 saturated heterocycles. The fraction of sp³-hybridized carbons (Fsp3) is 0.259. The molecular formula is C27H28Cl3N3O4S. The number of sulfonamides is 1. The monoisotopic (exact) mass is 595 g/mol. The first-order valence-corrected chi connectivity index (χ1v) is 14.4. The van der Waals surface area contributed by atoms with Crippen LogP contribution in [0.4, 0.5) is 5.69 Å². The third-order valence-corrected chi connectivity index (χ3v) is 8.77. The zero-order valence-corrected chi connectivity index (χ0v) is 24.2. The molecule has 2 amide bonds. The Balaban J connectivity index is 2.10. The van der Waals surface area contributed by atoms with Gasteiger partial charge in [-0.2, -0.15) is 0 Å². The molecule has 0 radical (unpaired) electrons. The predicted octanol–water partition coefficient (Wildman–Crippen LogP) is 5.70. The summed E-state index contributed by atoms with van der Waals surface area (Å²) in [7, 11) is -2.70. The number of nitrogens with zero attached hydrogens (tertiary/aromatic N) is 2. The van der Waals surface area contributed by atoms with E-state index in [1.807, 2.05) is 0 Å². The van der Waals surface area contributed by atoms with Crippen LogP contribution in [0.2, 0.25) is 15.1 Å². The standard InChI is InChI=1S/C27H28Cl3N3O4S/c1-4-24(27(35)31-3)32(16-19-11-13-22(29)23(30)14-19)26(34)17-33(25-15-20(28)12-10-18(25)2)38(36,37)21-8-6-5-7-9-21/h5-15,24H,4,16-17H2,1-3H3,(H,31,35)/t24-/m0/s1. The fourth-order valence-electron chi connectivity index (χ4n) is 4.01. The van der Waals surface area contributed by atoms with Gasteiger partial charge in [0.25, 0.3) is 10.0 Å². The summed E-state index contributed by atoms with van der Waals surface area (Å²) in [5, 5.41) is 3.55. The highest BCUT2D eigenvalue weighted by Gasteiger charge is 2.34. The molecule has 3 rings (SSSR count). The van der Waals surface area contributed by atoms with Crippen molar-refractivity contribution in [3.63, 3.8) is 0 Å². The molecule has 0 saturated carbocycles. The molecule has 0 spiro atoms. The van der Waals surface area contributed by atoms with Gasteiger partial charge in [-0.3, -0.25) is 13.9 Å². The molecule has 0 aromatic heterocycles. The molecule has 7 nitrogen and oxygen atoms in total. The first-order chi connectivity index (χ1) is 18.0. The van der Waals surface area contributed by atoms with Gasteiger partial charge in [0.1, 0.15) is 12.6 Å². The van der Waals surface area contributed by atoms with E-state index in [0.29, 0.717) is 32.6 Å². The Morgan fingerprint density at radius 2 is 1.63 bits per heavy atom. The van der Waals surface area contributed by atoms with Gasteiger partial charge in [-0.25, -0.2) is 8.42 Å². The van der Waals surface area contributed by atoms with E-state index in [2.05, 4.69) is 5.32 Å². The molecule has 11 heteroatoms. The van der Waals surface area contributed by atoms with Crippen molar-refractivity contribution in [2.75, 3.05) is 17.9 Å². The summed E-state index contributed by atoms with van der Waals surface area (Å²) in [5.74, 6) is -0.956. The largest absolute Gasteiger partial charge is 0.357 e. The van der Waals surface area contributed by atoms with E-state index in [0.717, 1.165) is 4.31 Å². The number of hydrogen-bond acceptors (Lipinski definition) is 4. The minimum absolute atomic E-state index is 0.00933. The maximum Gasteiger partial charge on any atom is 0.264 e. The van der Waals surface area contributed by atoms with E-state index in [1.54, 1.807) is 62.4 Å². The minimum Gasteiger partial charge on any atom is -0.357 e. The molecule has 0 aliphatic heterocycles. The van der Waals surface area contributed by atoms with Gasteiger partial charge >= 0.3 is 0 Å². The number of benzene rings is 3. The summed E-state index contributed by atoms with van der Waals surface area (Å²) in [6.45, 7) is 2.95. The second-order valence-corrected chi connectivity index (χ2v) is 11.7. The van der Waals surface area contributed by atoms with Crippen LogP contribution >= 0.6 is 34.8 Å². The van der Waals surface area contributed by atoms with Crippen molar-refractivity contribution in [2.24, 2.45) is 0 Å². The third-order valence-electron chi connectivity index (χ3n) is 6.02. The van der Waals surface area contributed by atoms with Gasteiger partial charge in [0.15, 0.2) is 0 Å². The van der Waals surface area contributed by atoms with E-state index in [-0.39, 0.29) is 23.0 Å². The number of hydrogen-bond donors (Lipinski definition) is 1. The molecule has 1 N–H and O–H groups in total. The number of likely N-dealkylation sites (N-methyl/N-ethyl adjacent to an activating group) is 1. The van der Waals surface area contributed by atoms with Crippen molar-refractivity contribution >= 4 is 62.3 Å². The Labute approximate surface area is 238 Å². The van der Waals surface area contributed by atoms with Crippen molar-refractivity contribution in [3.8, 4) is 0 Å². The van der Waals surface area contributed by atoms with E-state index in [1.165, 1.54) is 30.1 Å². The van der Waals surface area contributed by atoms with Crippen molar-refractivity contribution in [3.05, 3.63) is 92.9 Å². The molecule has 1 atom stereocenters. The topological polar surface area (TPSA) is 86.8 Å². The van der Waals surface area contributed by atoms with E-state index < -0.39 is 28.5 Å². The summed E-state index contributed by atoms with van der Waals surface area (Å²) in [6.07, 6.45) is 0.300. The van der Waals surface area contributed by atoms with Gasteiger partial charge in [-0.15, -0.1) is 0 Å². The maximum atomic E-state index is 13.9. The molecule has 3 aromatic carbocycles. The number of rotatable bonds is 10. The fourth-order valence-corrected chi connectivity index (χ4v) is 5.98. The molecule has 202 valence electrons. The summed E-state index contributed by atoms with van der Waals surface area (Å²) in [4.78, 5) is 28.1. The predicted molar refractivity (Wildman–Crippen MR) is 152 cm³/mol. The number of amides is 2. The first kappa shape index (κ1) is 29.8. The zero-order chi connectivity index (χ0) is 28.0. The van der Waals surface area contributed by atoms with Crippen molar-refractivity contribution in [2.45, 2.75) is 37.8 Å². The van der Waals surface area contributed by atoms with Crippen molar-refractivity contribution in [1.82, 2.24) is 10.2 Å². The number of anilines is 1. The maximum absolute atomic E-state index is 13.9.